The molecule has 1 aliphatic rings. The van der Waals surface area contributed by atoms with Gasteiger partial charge in [-0.05, 0) is 36.6 Å². The minimum atomic E-state index is -1.01. The van der Waals surface area contributed by atoms with E-state index in [0.717, 1.165) is 25.3 Å². The van der Waals surface area contributed by atoms with Crippen LogP contribution < -0.4 is 5.32 Å². The van der Waals surface area contributed by atoms with Crippen LogP contribution in [-0.4, -0.2) is 22.0 Å². The fourth-order valence-electron chi connectivity index (χ4n) is 1.69. The maximum atomic E-state index is 11.7. The first-order valence-corrected chi connectivity index (χ1v) is 5.83. The number of nitrogens with one attached hydrogen (secondary N) is 1. The van der Waals surface area contributed by atoms with Crippen LogP contribution in [0.5, 0.6) is 0 Å². The number of aliphatic carboxylic acids is 1. The smallest absolute Gasteiger partial charge is 0.328 e. The number of rotatable bonds is 4. The fraction of sp³-hybridized carbons (Fsp3) is 0.308. The predicted molar refractivity (Wildman–Crippen MR) is 66.9 cm³/mol. The summed E-state index contributed by atoms with van der Waals surface area (Å²) in [6, 6.07) is 3.33. The van der Waals surface area contributed by atoms with Crippen LogP contribution in [0.3, 0.4) is 0 Å². The number of carbonyl (C=O) groups excluding carboxylic acids is 1. The molecule has 1 fully saturated rings. The molecule has 2 rings (SSSR count). The Balaban J connectivity index is 2.02. The molecule has 1 heterocycles. The number of carboxylic acid groups (broad SMARTS) is 1. The Bertz CT molecular complexity index is 493. The Hall–Kier alpha value is -2.17. The zero-order valence-corrected chi connectivity index (χ0v) is 9.80. The second-order valence-electron chi connectivity index (χ2n) is 4.26. The molecule has 94 valence electrons. The SMILES string of the molecule is O=C(O)/C=C/c1ccnc(NC(=O)C2CCC2)c1. The zero-order chi connectivity index (χ0) is 13.0. The van der Waals surface area contributed by atoms with Gasteiger partial charge in [-0.3, -0.25) is 4.79 Å². The molecule has 5 heteroatoms. The monoisotopic (exact) mass is 246 g/mol. The van der Waals surface area contributed by atoms with Gasteiger partial charge in [0.2, 0.25) is 5.91 Å². The van der Waals surface area contributed by atoms with Gasteiger partial charge < -0.3 is 10.4 Å². The van der Waals surface area contributed by atoms with Crippen LogP contribution in [0.25, 0.3) is 6.08 Å². The molecule has 0 atom stereocenters. The van der Waals surface area contributed by atoms with E-state index in [1.54, 1.807) is 12.1 Å². The third-order valence-electron chi connectivity index (χ3n) is 2.93. The van der Waals surface area contributed by atoms with Gasteiger partial charge in [-0.15, -0.1) is 0 Å². The lowest BCUT2D eigenvalue weighted by atomic mass is 9.85. The lowest BCUT2D eigenvalue weighted by molar-refractivity contribution is -0.131. The minimum Gasteiger partial charge on any atom is -0.478 e. The topological polar surface area (TPSA) is 79.3 Å². The maximum Gasteiger partial charge on any atom is 0.328 e. The third-order valence-corrected chi connectivity index (χ3v) is 2.93. The van der Waals surface area contributed by atoms with Gasteiger partial charge in [0.1, 0.15) is 5.82 Å². The van der Waals surface area contributed by atoms with Crippen molar-refractivity contribution >= 4 is 23.8 Å². The molecule has 0 spiro atoms. The molecule has 2 N–H and O–H groups in total. The summed E-state index contributed by atoms with van der Waals surface area (Å²) in [7, 11) is 0. The molecule has 1 amide bonds. The van der Waals surface area contributed by atoms with Crippen LogP contribution >= 0.6 is 0 Å². The lowest BCUT2D eigenvalue weighted by Crippen LogP contribution is -2.28. The van der Waals surface area contributed by atoms with Crippen LogP contribution in [0.2, 0.25) is 0 Å². The first-order valence-electron chi connectivity index (χ1n) is 5.83. The molecule has 0 aromatic carbocycles. The summed E-state index contributed by atoms with van der Waals surface area (Å²) < 4.78 is 0. The number of nitrogens with zero attached hydrogens (tertiary/aromatic N) is 1. The fourth-order valence-corrected chi connectivity index (χ4v) is 1.69. The second-order valence-corrected chi connectivity index (χ2v) is 4.26. The number of carbonyl (C=O) groups is 2. The van der Waals surface area contributed by atoms with Crippen LogP contribution in [0.15, 0.2) is 24.4 Å². The van der Waals surface area contributed by atoms with E-state index in [-0.39, 0.29) is 11.8 Å². The number of carboxylic acids is 1. The van der Waals surface area contributed by atoms with E-state index in [2.05, 4.69) is 10.3 Å². The van der Waals surface area contributed by atoms with Gasteiger partial charge in [-0.1, -0.05) is 6.42 Å². The zero-order valence-electron chi connectivity index (χ0n) is 9.80. The number of hydrogen-bond donors (Lipinski definition) is 2. The molecular formula is C13H14N2O3. The highest BCUT2D eigenvalue weighted by atomic mass is 16.4. The van der Waals surface area contributed by atoms with E-state index in [0.29, 0.717) is 11.4 Å². The molecule has 0 unspecified atom stereocenters. The van der Waals surface area contributed by atoms with Crippen molar-refractivity contribution in [2.45, 2.75) is 19.3 Å². The molecule has 0 bridgehead atoms. The number of amides is 1. The standard InChI is InChI=1S/C13H14N2O3/c16-12(17)5-4-9-6-7-14-11(8-9)15-13(18)10-2-1-3-10/h4-8,10H,1-3H2,(H,16,17)(H,14,15,18)/b5-4+. The molecule has 0 radical (unpaired) electrons. The minimum absolute atomic E-state index is 0.00638. The van der Waals surface area contributed by atoms with Gasteiger partial charge in [0.15, 0.2) is 0 Å². The first-order chi connectivity index (χ1) is 8.65. The molecule has 1 aliphatic carbocycles. The van der Waals surface area contributed by atoms with Crippen molar-refractivity contribution in [1.82, 2.24) is 4.98 Å². The van der Waals surface area contributed by atoms with E-state index in [4.69, 9.17) is 5.11 Å². The number of hydrogen-bond acceptors (Lipinski definition) is 3. The number of aromatic nitrogens is 1. The van der Waals surface area contributed by atoms with Crippen molar-refractivity contribution in [2.24, 2.45) is 5.92 Å². The summed E-state index contributed by atoms with van der Waals surface area (Å²) >= 11 is 0. The first kappa shape index (κ1) is 12.3. The summed E-state index contributed by atoms with van der Waals surface area (Å²) in [5.41, 5.74) is 0.691. The summed E-state index contributed by atoms with van der Waals surface area (Å²) in [5, 5.41) is 11.3. The molecule has 0 aliphatic heterocycles. The third kappa shape index (κ3) is 3.16. The van der Waals surface area contributed by atoms with Gasteiger partial charge in [0.05, 0.1) is 0 Å². The highest BCUT2D eigenvalue weighted by molar-refractivity contribution is 5.92. The molecule has 1 aromatic rings. The van der Waals surface area contributed by atoms with E-state index in [1.165, 1.54) is 12.3 Å². The Morgan fingerprint density at radius 3 is 2.83 bits per heavy atom. The summed E-state index contributed by atoms with van der Waals surface area (Å²) in [6.07, 6.45) is 7.02. The van der Waals surface area contributed by atoms with Gasteiger partial charge in [-0.25, -0.2) is 9.78 Å². The lowest BCUT2D eigenvalue weighted by Gasteiger charge is -2.23. The summed E-state index contributed by atoms with van der Waals surface area (Å²) in [4.78, 5) is 26.1. The Kier molecular flexibility index (Phi) is 3.72. The predicted octanol–water partition coefficient (Wildman–Crippen LogP) is 1.92. The van der Waals surface area contributed by atoms with Crippen LogP contribution in [0.4, 0.5) is 5.82 Å². The maximum absolute atomic E-state index is 11.7. The Morgan fingerprint density at radius 1 is 1.44 bits per heavy atom. The van der Waals surface area contributed by atoms with Crippen molar-refractivity contribution < 1.29 is 14.7 Å². The van der Waals surface area contributed by atoms with Crippen LogP contribution in [0, 0.1) is 5.92 Å². The molecule has 0 saturated heterocycles. The van der Waals surface area contributed by atoms with Gasteiger partial charge in [-0.2, -0.15) is 0 Å². The highest BCUT2D eigenvalue weighted by Gasteiger charge is 2.25. The van der Waals surface area contributed by atoms with E-state index in [9.17, 15) is 9.59 Å². The van der Waals surface area contributed by atoms with Gasteiger partial charge >= 0.3 is 5.97 Å². The van der Waals surface area contributed by atoms with Gasteiger partial charge in [0, 0.05) is 18.2 Å². The van der Waals surface area contributed by atoms with Crippen LogP contribution in [-0.2, 0) is 9.59 Å². The molecule has 18 heavy (non-hydrogen) atoms. The van der Waals surface area contributed by atoms with Crippen molar-refractivity contribution in [3.63, 3.8) is 0 Å². The molecular weight excluding hydrogens is 232 g/mol. The largest absolute Gasteiger partial charge is 0.478 e. The van der Waals surface area contributed by atoms with Crippen molar-refractivity contribution in [1.29, 1.82) is 0 Å². The normalized spacial score (nSPS) is 15.3. The average molecular weight is 246 g/mol. The van der Waals surface area contributed by atoms with E-state index >= 15 is 0 Å². The second kappa shape index (κ2) is 5.44. The Labute approximate surface area is 105 Å². The van der Waals surface area contributed by atoms with Crippen LogP contribution in [0.1, 0.15) is 24.8 Å². The molecule has 5 nitrogen and oxygen atoms in total. The molecule has 1 aromatic heterocycles. The van der Waals surface area contributed by atoms with Gasteiger partial charge in [0.25, 0.3) is 0 Å². The quantitative estimate of drug-likeness (QED) is 0.795. The summed E-state index contributed by atoms with van der Waals surface area (Å²) in [5.74, 6) is -0.454. The highest BCUT2D eigenvalue weighted by Crippen LogP contribution is 2.27. The summed E-state index contributed by atoms with van der Waals surface area (Å²) in [6.45, 7) is 0. The number of anilines is 1. The average Bonchev–Trinajstić information content (AvgIpc) is 2.24. The van der Waals surface area contributed by atoms with E-state index < -0.39 is 5.97 Å². The van der Waals surface area contributed by atoms with Crippen molar-refractivity contribution in [3.8, 4) is 0 Å². The number of pyridine rings is 1. The molecule has 1 saturated carbocycles. The van der Waals surface area contributed by atoms with Crippen molar-refractivity contribution in [2.75, 3.05) is 5.32 Å². The van der Waals surface area contributed by atoms with E-state index in [1.807, 2.05) is 0 Å². The van der Waals surface area contributed by atoms with Crippen molar-refractivity contribution in [3.05, 3.63) is 30.0 Å². The Morgan fingerprint density at radius 2 is 2.22 bits per heavy atom.